The predicted molar refractivity (Wildman–Crippen MR) is 168 cm³/mol. The Morgan fingerprint density at radius 1 is 1.05 bits per heavy atom. The molecule has 0 unspecified atom stereocenters. The van der Waals surface area contributed by atoms with Crippen molar-refractivity contribution in [2.45, 2.75) is 116 Å². The first-order valence-electron chi connectivity index (χ1n) is 16.5. The van der Waals surface area contributed by atoms with Crippen molar-refractivity contribution in [3.05, 3.63) is 64.7 Å². The molecule has 6 nitrogen and oxygen atoms in total. The molecule has 2 aromatic carbocycles. The average Bonchev–Trinajstić information content (AvgIpc) is 3.35. The van der Waals surface area contributed by atoms with E-state index < -0.39 is 18.8 Å². The Morgan fingerprint density at radius 2 is 1.80 bits per heavy atom. The van der Waals surface area contributed by atoms with Crippen molar-refractivity contribution >= 4 is 13.5 Å². The zero-order valence-corrected chi connectivity index (χ0v) is 27.2. The highest BCUT2D eigenvalue weighted by Gasteiger charge is 2.57. The Labute approximate surface area is 260 Å². The Bertz CT molecular complexity index is 1360. The molecule has 3 aliphatic carbocycles. The lowest BCUT2D eigenvalue weighted by atomic mass is 9.55. The van der Waals surface area contributed by atoms with E-state index in [4.69, 9.17) is 14.5 Å². The summed E-state index contributed by atoms with van der Waals surface area (Å²) in [6.45, 7) is 7.63. The summed E-state index contributed by atoms with van der Waals surface area (Å²) in [6, 6.07) is 11.8. The van der Waals surface area contributed by atoms with E-state index in [-0.39, 0.29) is 17.4 Å². The fraction of sp³-hybridized carbons (Fsp3) is 0.629. The van der Waals surface area contributed by atoms with E-state index in [1.165, 1.54) is 23.3 Å². The third kappa shape index (κ3) is 6.37. The number of carbonyl (C=O) groups excluding carboxylic acids is 1. The third-order valence-corrected chi connectivity index (χ3v) is 11.8. The summed E-state index contributed by atoms with van der Waals surface area (Å²) >= 11 is 0. The van der Waals surface area contributed by atoms with Crippen molar-refractivity contribution in [1.82, 2.24) is 4.90 Å². The maximum Gasteiger partial charge on any atom is 0.399 e. The number of rotatable bonds is 12. The second kappa shape index (κ2) is 13.2. The summed E-state index contributed by atoms with van der Waals surface area (Å²) in [4.78, 5) is 34.1. The smallest absolute Gasteiger partial charge is 0.399 e. The molecule has 3 aliphatic rings. The maximum atomic E-state index is 14.3. The topological polar surface area (TPSA) is 87.1 Å². The number of halogens is 2. The molecule has 0 saturated heterocycles. The Hall–Kier alpha value is -2.28. The van der Waals surface area contributed by atoms with Gasteiger partial charge in [0.05, 0.1) is 6.61 Å². The molecule has 9 heteroatoms. The molecule has 0 radical (unpaired) electrons. The lowest BCUT2D eigenvalue weighted by Crippen LogP contribution is -2.51. The van der Waals surface area contributed by atoms with E-state index in [1.54, 1.807) is 0 Å². The Balaban J connectivity index is 1.37. The quantitative estimate of drug-likeness (QED) is 0.181. The fourth-order valence-electron chi connectivity index (χ4n) is 8.57. The molecule has 2 aromatic rings. The van der Waals surface area contributed by atoms with Gasteiger partial charge in [0.15, 0.2) is 0 Å². The van der Waals surface area contributed by atoms with Crippen molar-refractivity contribution in [1.29, 1.82) is 0 Å². The van der Waals surface area contributed by atoms with E-state index >= 15 is 0 Å². The van der Waals surface area contributed by atoms with Crippen LogP contribution in [-0.2, 0) is 28.0 Å². The zero-order chi connectivity index (χ0) is 31.7. The number of benzene rings is 2. The highest BCUT2D eigenvalue weighted by molar-refractivity contribution is 7.52. The van der Waals surface area contributed by atoms with Crippen molar-refractivity contribution in [3.8, 4) is 5.75 Å². The summed E-state index contributed by atoms with van der Waals surface area (Å²) in [7, 11) is -5.65. The summed E-state index contributed by atoms with van der Waals surface area (Å²) in [5.41, 5.74) is -1.43. The van der Waals surface area contributed by atoms with Crippen LogP contribution in [0.1, 0.15) is 113 Å². The first-order valence-corrected chi connectivity index (χ1v) is 18.1. The van der Waals surface area contributed by atoms with Crippen molar-refractivity contribution in [3.63, 3.8) is 0 Å². The summed E-state index contributed by atoms with van der Waals surface area (Å²) in [5.74, 6) is 2.66. The molecule has 0 bridgehead atoms. The third-order valence-electron chi connectivity index (χ3n) is 10.8. The zero-order valence-electron chi connectivity index (χ0n) is 26.3. The van der Waals surface area contributed by atoms with E-state index in [1.807, 2.05) is 4.90 Å². The fourth-order valence-corrected chi connectivity index (χ4v) is 9.06. The molecular weight excluding hydrogens is 583 g/mol. The normalized spacial score (nSPS) is 26.4. The Morgan fingerprint density at radius 3 is 2.48 bits per heavy atom. The molecule has 5 rings (SSSR count). The number of unbranched alkanes of at least 4 members (excludes halogenated alkanes) is 2. The van der Waals surface area contributed by atoms with Crippen LogP contribution in [-0.4, -0.2) is 33.2 Å². The molecule has 1 amide bonds. The first kappa shape index (κ1) is 33.1. The maximum absolute atomic E-state index is 14.3. The van der Waals surface area contributed by atoms with Gasteiger partial charge in [0, 0.05) is 24.6 Å². The monoisotopic (exact) mass is 631 g/mol. The van der Waals surface area contributed by atoms with Gasteiger partial charge in [-0.05, 0) is 103 Å². The predicted octanol–water partition coefficient (Wildman–Crippen LogP) is 8.54. The number of carbonyl (C=O) groups is 1. The summed E-state index contributed by atoms with van der Waals surface area (Å²) in [5, 5.41) is 0. The molecule has 0 spiro atoms. The molecule has 0 aliphatic heterocycles. The standard InChI is InChI=1S/C35H48F2NO5P/c1-4-6-7-8-33(39)38(23-24-9-12-26(13-10-24)35(36,37)44(40,41)42)32-18-17-31-30-15-11-25-22-27(43-21-5-2)14-16-28(25)29(30)19-20-34(31,32)3/h9-10,12-14,16,22,29-32H,4-8,11,15,17-21,23H2,1-3H3,(H2,40,41,42)/t29-,30-,31+,32+,34+/m1/s1. The van der Waals surface area contributed by atoms with Gasteiger partial charge in [0.1, 0.15) is 5.75 Å². The van der Waals surface area contributed by atoms with E-state index in [2.05, 4.69) is 39.0 Å². The highest BCUT2D eigenvalue weighted by Crippen LogP contribution is 2.62. The molecule has 0 aromatic heterocycles. The minimum atomic E-state index is -5.65. The minimum absolute atomic E-state index is 0.0311. The molecule has 2 saturated carbocycles. The van der Waals surface area contributed by atoms with Crippen LogP contribution in [0.3, 0.4) is 0 Å². The van der Waals surface area contributed by atoms with Gasteiger partial charge >= 0.3 is 13.3 Å². The molecule has 2 N–H and O–H groups in total. The largest absolute Gasteiger partial charge is 0.494 e. The van der Waals surface area contributed by atoms with Gasteiger partial charge in [-0.15, -0.1) is 0 Å². The van der Waals surface area contributed by atoms with Gasteiger partial charge in [-0.1, -0.05) is 63.9 Å². The van der Waals surface area contributed by atoms with Crippen molar-refractivity contribution in [2.75, 3.05) is 6.61 Å². The van der Waals surface area contributed by atoms with Crippen LogP contribution in [0.2, 0.25) is 0 Å². The number of alkyl halides is 2. The first-order chi connectivity index (χ1) is 20.9. The summed E-state index contributed by atoms with van der Waals surface area (Å²) < 4.78 is 45.9. The molecule has 5 atom stereocenters. The minimum Gasteiger partial charge on any atom is -0.494 e. The van der Waals surface area contributed by atoms with E-state index in [0.29, 0.717) is 36.3 Å². The number of nitrogens with zero attached hydrogens (tertiary/aromatic N) is 1. The molecule has 242 valence electrons. The Kier molecular flexibility index (Phi) is 9.94. The van der Waals surface area contributed by atoms with Crippen molar-refractivity contribution < 1.29 is 32.7 Å². The van der Waals surface area contributed by atoms with Gasteiger partial charge in [-0.2, -0.15) is 8.78 Å². The van der Waals surface area contributed by atoms with Gasteiger partial charge in [0.25, 0.3) is 0 Å². The lowest BCUT2D eigenvalue weighted by Gasteiger charge is -2.52. The van der Waals surface area contributed by atoms with Gasteiger partial charge in [-0.3, -0.25) is 9.36 Å². The molecule has 0 heterocycles. The second-order valence-corrected chi connectivity index (χ2v) is 15.2. The number of aryl methyl sites for hydroxylation is 1. The molecule has 44 heavy (non-hydrogen) atoms. The van der Waals surface area contributed by atoms with E-state index in [0.717, 1.165) is 88.7 Å². The molecular formula is C35H48F2NO5P. The molecule has 2 fully saturated rings. The van der Waals surface area contributed by atoms with Crippen LogP contribution in [0.25, 0.3) is 0 Å². The lowest BCUT2D eigenvalue weighted by molar-refractivity contribution is -0.138. The number of ether oxygens (including phenoxy) is 1. The second-order valence-electron chi connectivity index (χ2n) is 13.5. The number of hydrogen-bond acceptors (Lipinski definition) is 3. The van der Waals surface area contributed by atoms with Crippen LogP contribution < -0.4 is 4.74 Å². The van der Waals surface area contributed by atoms with Crippen molar-refractivity contribution in [2.24, 2.45) is 17.3 Å². The summed E-state index contributed by atoms with van der Waals surface area (Å²) in [6.07, 6.45) is 10.6. The number of fused-ring (bicyclic) bond motifs is 5. The van der Waals surface area contributed by atoms with Crippen LogP contribution >= 0.6 is 7.60 Å². The highest BCUT2D eigenvalue weighted by atomic mass is 31.2. The average molecular weight is 632 g/mol. The van der Waals surface area contributed by atoms with E-state index in [9.17, 15) is 18.1 Å². The number of hydrogen-bond donors (Lipinski definition) is 2. The SMILES string of the molecule is CCCCCC(=O)N(Cc1ccc(C(F)(F)P(=O)(O)O)cc1)[C@H]1CC[C@H]2[C@@H]3CCc4cc(OCCC)ccc4[C@H]3CC[C@]12C. The van der Waals surface area contributed by atoms with Crippen LogP contribution in [0.4, 0.5) is 8.78 Å². The van der Waals surface area contributed by atoms with Gasteiger partial charge in [-0.25, -0.2) is 0 Å². The van der Waals surface area contributed by atoms with Crippen LogP contribution in [0.15, 0.2) is 42.5 Å². The van der Waals surface area contributed by atoms with Gasteiger partial charge in [0.2, 0.25) is 5.91 Å². The van der Waals surface area contributed by atoms with Gasteiger partial charge < -0.3 is 19.4 Å². The van der Waals surface area contributed by atoms with Crippen LogP contribution in [0.5, 0.6) is 5.75 Å². The van der Waals surface area contributed by atoms with Crippen LogP contribution in [0, 0.1) is 17.3 Å². The number of amides is 1.